The van der Waals surface area contributed by atoms with E-state index in [-0.39, 0.29) is 5.91 Å². The zero-order chi connectivity index (χ0) is 16.5. The van der Waals surface area contributed by atoms with Gasteiger partial charge in [0.15, 0.2) is 0 Å². The second-order valence-electron chi connectivity index (χ2n) is 4.78. The lowest BCUT2D eigenvalue weighted by molar-refractivity contribution is -0.115. The van der Waals surface area contributed by atoms with E-state index < -0.39 is 0 Å². The Hall–Kier alpha value is -2.76. The average Bonchev–Trinajstić information content (AvgIpc) is 2.60. The third kappa shape index (κ3) is 5.50. The van der Waals surface area contributed by atoms with Crippen LogP contribution < -0.4 is 20.1 Å². The predicted molar refractivity (Wildman–Crippen MR) is 90.1 cm³/mol. The Balaban J connectivity index is 1.72. The molecule has 1 amide bonds. The molecule has 0 bridgehead atoms. The van der Waals surface area contributed by atoms with Crippen LogP contribution in [0.2, 0.25) is 0 Å². The molecule has 0 atom stereocenters. The second kappa shape index (κ2) is 8.63. The number of amides is 1. The third-order valence-electron chi connectivity index (χ3n) is 3.10. The predicted octanol–water partition coefficient (Wildman–Crippen LogP) is 2.93. The molecular weight excluding hydrogens is 294 g/mol. The van der Waals surface area contributed by atoms with E-state index in [2.05, 4.69) is 15.6 Å². The topological polar surface area (TPSA) is 72.5 Å². The number of rotatable bonds is 8. The van der Waals surface area contributed by atoms with E-state index in [4.69, 9.17) is 9.47 Å². The highest BCUT2D eigenvalue weighted by atomic mass is 16.5. The fourth-order valence-electron chi connectivity index (χ4n) is 1.84. The molecule has 0 saturated carbocycles. The molecule has 0 spiro atoms. The molecule has 2 N–H and O–H groups in total. The van der Waals surface area contributed by atoms with Gasteiger partial charge in [-0.2, -0.15) is 0 Å². The minimum atomic E-state index is -0.0274. The Morgan fingerprint density at radius 2 is 1.87 bits per heavy atom. The van der Waals surface area contributed by atoms with Crippen molar-refractivity contribution < 1.29 is 14.3 Å². The summed E-state index contributed by atoms with van der Waals surface area (Å²) in [5.74, 6) is 2.30. The van der Waals surface area contributed by atoms with Gasteiger partial charge < -0.3 is 20.1 Å². The summed E-state index contributed by atoms with van der Waals surface area (Å²) < 4.78 is 10.7. The van der Waals surface area contributed by atoms with E-state index >= 15 is 0 Å². The van der Waals surface area contributed by atoms with Gasteiger partial charge in [-0.1, -0.05) is 6.92 Å². The van der Waals surface area contributed by atoms with Crippen molar-refractivity contribution in [3.8, 4) is 11.5 Å². The first-order chi connectivity index (χ1) is 11.2. The van der Waals surface area contributed by atoms with E-state index in [1.165, 1.54) is 0 Å². The number of hydrogen-bond acceptors (Lipinski definition) is 5. The molecule has 0 radical (unpaired) electrons. The fraction of sp³-hybridized carbons (Fsp3) is 0.294. The van der Waals surface area contributed by atoms with Crippen molar-refractivity contribution in [3.63, 3.8) is 0 Å². The van der Waals surface area contributed by atoms with Gasteiger partial charge in [0, 0.05) is 6.42 Å². The molecule has 2 rings (SSSR count). The van der Waals surface area contributed by atoms with Crippen LogP contribution in [-0.4, -0.2) is 31.2 Å². The average molecular weight is 315 g/mol. The maximum Gasteiger partial charge on any atom is 0.224 e. The number of carbonyl (C=O) groups excluding carboxylic acids is 1. The molecule has 0 fully saturated rings. The summed E-state index contributed by atoms with van der Waals surface area (Å²) in [6, 6.07) is 11.1. The normalized spacial score (nSPS) is 10.0. The Bertz CT molecular complexity index is 612. The monoisotopic (exact) mass is 315 g/mol. The molecule has 1 aromatic heterocycles. The number of aromatic nitrogens is 1. The third-order valence-corrected chi connectivity index (χ3v) is 3.10. The van der Waals surface area contributed by atoms with Gasteiger partial charge in [0.05, 0.1) is 25.5 Å². The zero-order valence-electron chi connectivity index (χ0n) is 13.3. The quantitative estimate of drug-likeness (QED) is 0.733. The van der Waals surface area contributed by atoms with Gasteiger partial charge in [-0.05, 0) is 36.4 Å². The number of pyridine rings is 1. The number of hydrogen-bond donors (Lipinski definition) is 2. The Labute approximate surface area is 135 Å². The Morgan fingerprint density at radius 3 is 2.48 bits per heavy atom. The van der Waals surface area contributed by atoms with Gasteiger partial charge in [0.1, 0.15) is 23.9 Å². The Kier molecular flexibility index (Phi) is 6.23. The van der Waals surface area contributed by atoms with Crippen molar-refractivity contribution >= 4 is 17.4 Å². The molecule has 2 aromatic rings. The van der Waals surface area contributed by atoms with Crippen molar-refractivity contribution in [3.05, 3.63) is 42.6 Å². The molecule has 6 nitrogen and oxygen atoms in total. The van der Waals surface area contributed by atoms with Gasteiger partial charge in [-0.15, -0.1) is 0 Å². The summed E-state index contributed by atoms with van der Waals surface area (Å²) >= 11 is 0. The van der Waals surface area contributed by atoms with Crippen molar-refractivity contribution in [1.29, 1.82) is 0 Å². The van der Waals surface area contributed by atoms with Gasteiger partial charge in [0.25, 0.3) is 0 Å². The number of methoxy groups -OCH3 is 1. The van der Waals surface area contributed by atoms with Crippen LogP contribution in [0.3, 0.4) is 0 Å². The molecule has 0 aliphatic carbocycles. The van der Waals surface area contributed by atoms with Crippen molar-refractivity contribution in [2.45, 2.75) is 13.3 Å². The standard InChI is InChI=1S/C17H21N3O3/c1-3-17(21)20-13-4-9-16(19-12-13)18-10-11-23-15-7-5-14(22-2)6-8-15/h4-9,12H,3,10-11H2,1-2H3,(H,18,19)(H,20,21). The van der Waals surface area contributed by atoms with Gasteiger partial charge in [-0.3, -0.25) is 4.79 Å². The van der Waals surface area contributed by atoms with E-state index in [0.717, 1.165) is 17.3 Å². The number of nitrogens with one attached hydrogen (secondary N) is 2. The van der Waals surface area contributed by atoms with E-state index in [9.17, 15) is 4.79 Å². The molecular formula is C17H21N3O3. The van der Waals surface area contributed by atoms with Crippen LogP contribution in [0.25, 0.3) is 0 Å². The molecule has 0 saturated heterocycles. The molecule has 0 aliphatic rings. The highest BCUT2D eigenvalue weighted by Gasteiger charge is 2.00. The summed E-state index contributed by atoms with van der Waals surface area (Å²) in [6.07, 6.45) is 2.07. The number of carbonyl (C=O) groups is 1. The molecule has 0 unspecified atom stereocenters. The van der Waals surface area contributed by atoms with Crippen LogP contribution >= 0.6 is 0 Å². The van der Waals surface area contributed by atoms with Gasteiger partial charge in [-0.25, -0.2) is 4.98 Å². The van der Waals surface area contributed by atoms with E-state index in [1.807, 2.05) is 43.3 Å². The van der Waals surface area contributed by atoms with Crippen LogP contribution in [0, 0.1) is 0 Å². The number of benzene rings is 1. The lowest BCUT2D eigenvalue weighted by Gasteiger charge is -2.09. The first-order valence-electron chi connectivity index (χ1n) is 7.48. The zero-order valence-corrected chi connectivity index (χ0v) is 13.3. The SMILES string of the molecule is CCC(=O)Nc1ccc(NCCOc2ccc(OC)cc2)nc1. The second-order valence-corrected chi connectivity index (χ2v) is 4.78. The highest BCUT2D eigenvalue weighted by Crippen LogP contribution is 2.16. The summed E-state index contributed by atoms with van der Waals surface area (Å²) in [7, 11) is 1.63. The maximum atomic E-state index is 11.3. The summed E-state index contributed by atoms with van der Waals surface area (Å²) in [4.78, 5) is 15.5. The fourth-order valence-corrected chi connectivity index (χ4v) is 1.84. The molecule has 0 aliphatic heterocycles. The number of nitrogens with zero attached hydrogens (tertiary/aromatic N) is 1. The number of anilines is 2. The minimum Gasteiger partial charge on any atom is -0.497 e. The summed E-state index contributed by atoms with van der Waals surface area (Å²) in [5, 5.41) is 5.91. The highest BCUT2D eigenvalue weighted by molar-refractivity contribution is 5.90. The van der Waals surface area contributed by atoms with Gasteiger partial charge >= 0.3 is 0 Å². The van der Waals surface area contributed by atoms with Crippen molar-refractivity contribution in [1.82, 2.24) is 4.98 Å². The molecule has 23 heavy (non-hydrogen) atoms. The van der Waals surface area contributed by atoms with Crippen LogP contribution in [0.1, 0.15) is 13.3 Å². The van der Waals surface area contributed by atoms with E-state index in [0.29, 0.717) is 25.3 Å². The molecule has 122 valence electrons. The Morgan fingerprint density at radius 1 is 1.13 bits per heavy atom. The van der Waals surface area contributed by atoms with Crippen molar-refractivity contribution in [2.75, 3.05) is 30.9 Å². The molecule has 6 heteroatoms. The smallest absolute Gasteiger partial charge is 0.224 e. The first-order valence-corrected chi connectivity index (χ1v) is 7.48. The lowest BCUT2D eigenvalue weighted by Crippen LogP contribution is -2.13. The lowest BCUT2D eigenvalue weighted by atomic mass is 10.3. The van der Waals surface area contributed by atoms with Crippen LogP contribution in [-0.2, 0) is 4.79 Å². The maximum absolute atomic E-state index is 11.3. The minimum absolute atomic E-state index is 0.0274. The van der Waals surface area contributed by atoms with Crippen molar-refractivity contribution in [2.24, 2.45) is 0 Å². The molecule has 1 heterocycles. The summed E-state index contributed by atoms with van der Waals surface area (Å²) in [5.41, 5.74) is 0.692. The van der Waals surface area contributed by atoms with Gasteiger partial charge in [0.2, 0.25) is 5.91 Å². The summed E-state index contributed by atoms with van der Waals surface area (Å²) in [6.45, 7) is 2.95. The van der Waals surface area contributed by atoms with E-state index in [1.54, 1.807) is 13.3 Å². The largest absolute Gasteiger partial charge is 0.497 e. The molecule has 1 aromatic carbocycles. The van der Waals surface area contributed by atoms with Crippen LogP contribution in [0.15, 0.2) is 42.6 Å². The first kappa shape index (κ1) is 16.6. The number of ether oxygens (including phenoxy) is 2. The van der Waals surface area contributed by atoms with Crippen LogP contribution in [0.4, 0.5) is 11.5 Å². The van der Waals surface area contributed by atoms with Crippen LogP contribution in [0.5, 0.6) is 11.5 Å².